The fourth-order valence-corrected chi connectivity index (χ4v) is 2.71. The maximum atomic E-state index is 12.2. The van der Waals surface area contributed by atoms with Crippen LogP contribution in [0, 0.1) is 13.8 Å². The monoisotopic (exact) mass is 304 g/mol. The molecule has 0 spiro atoms. The highest BCUT2D eigenvalue weighted by Gasteiger charge is 2.21. The van der Waals surface area contributed by atoms with Crippen molar-refractivity contribution in [2.75, 3.05) is 13.2 Å². The van der Waals surface area contributed by atoms with Gasteiger partial charge in [-0.15, -0.1) is 0 Å². The minimum atomic E-state index is -0.151. The van der Waals surface area contributed by atoms with Crippen LogP contribution in [0.2, 0.25) is 0 Å². The van der Waals surface area contributed by atoms with Crippen molar-refractivity contribution in [2.45, 2.75) is 39.7 Å². The standard InChI is InChI=1S/C15H20N4O3/c1-9-11(10(2)22-19-9)4-3-6-16-15(20)14-12-8-21-7-5-13(12)17-18-14/h3-8H2,1-2H3,(H,16,20)(H,17,18). The average molecular weight is 304 g/mol. The molecule has 2 aromatic heterocycles. The number of aromatic amines is 1. The lowest BCUT2D eigenvalue weighted by Gasteiger charge is -2.12. The zero-order valence-corrected chi connectivity index (χ0v) is 12.9. The maximum absolute atomic E-state index is 12.2. The Morgan fingerprint density at radius 3 is 3.05 bits per heavy atom. The number of carbonyl (C=O) groups is 1. The molecule has 7 heteroatoms. The second-order valence-electron chi connectivity index (χ2n) is 5.49. The number of carbonyl (C=O) groups excluding carboxylic acids is 1. The third-order valence-electron chi connectivity index (χ3n) is 3.98. The molecule has 22 heavy (non-hydrogen) atoms. The van der Waals surface area contributed by atoms with Gasteiger partial charge in [0.05, 0.1) is 18.9 Å². The number of aryl methyl sites for hydroxylation is 2. The highest BCUT2D eigenvalue weighted by atomic mass is 16.5. The molecule has 0 unspecified atom stereocenters. The van der Waals surface area contributed by atoms with Crippen molar-refractivity contribution in [2.24, 2.45) is 0 Å². The van der Waals surface area contributed by atoms with Gasteiger partial charge in [0.15, 0.2) is 5.69 Å². The van der Waals surface area contributed by atoms with Gasteiger partial charge in [-0.25, -0.2) is 0 Å². The number of nitrogens with one attached hydrogen (secondary N) is 2. The van der Waals surface area contributed by atoms with Gasteiger partial charge in [0.25, 0.3) is 5.91 Å². The van der Waals surface area contributed by atoms with Crippen LogP contribution in [0.4, 0.5) is 0 Å². The number of hydrogen-bond donors (Lipinski definition) is 2. The molecule has 0 saturated heterocycles. The number of fused-ring (bicyclic) bond motifs is 1. The van der Waals surface area contributed by atoms with E-state index in [2.05, 4.69) is 20.7 Å². The molecular formula is C15H20N4O3. The molecule has 3 heterocycles. The highest BCUT2D eigenvalue weighted by molar-refractivity contribution is 5.93. The number of hydrogen-bond acceptors (Lipinski definition) is 5. The van der Waals surface area contributed by atoms with Gasteiger partial charge in [-0.05, 0) is 26.7 Å². The summed E-state index contributed by atoms with van der Waals surface area (Å²) in [6.45, 7) is 5.55. The van der Waals surface area contributed by atoms with E-state index < -0.39 is 0 Å². The van der Waals surface area contributed by atoms with E-state index >= 15 is 0 Å². The van der Waals surface area contributed by atoms with Gasteiger partial charge in [-0.2, -0.15) is 5.10 Å². The van der Waals surface area contributed by atoms with E-state index in [-0.39, 0.29) is 5.91 Å². The molecule has 3 rings (SSSR count). The lowest BCUT2D eigenvalue weighted by molar-refractivity contribution is 0.0925. The van der Waals surface area contributed by atoms with Crippen LogP contribution in [0.3, 0.4) is 0 Å². The number of aromatic nitrogens is 3. The first kappa shape index (κ1) is 14.8. The fourth-order valence-electron chi connectivity index (χ4n) is 2.71. The van der Waals surface area contributed by atoms with Crippen LogP contribution in [0.5, 0.6) is 0 Å². The molecule has 0 bridgehead atoms. The molecule has 2 aromatic rings. The van der Waals surface area contributed by atoms with E-state index in [4.69, 9.17) is 9.26 Å². The van der Waals surface area contributed by atoms with Crippen LogP contribution in [0.15, 0.2) is 4.52 Å². The number of H-pyrrole nitrogens is 1. The summed E-state index contributed by atoms with van der Waals surface area (Å²) in [5, 5.41) is 13.9. The Morgan fingerprint density at radius 1 is 1.41 bits per heavy atom. The van der Waals surface area contributed by atoms with E-state index in [9.17, 15) is 4.79 Å². The number of ether oxygens (including phenoxy) is 1. The summed E-state index contributed by atoms with van der Waals surface area (Å²) in [7, 11) is 0. The summed E-state index contributed by atoms with van der Waals surface area (Å²) in [6, 6.07) is 0. The van der Waals surface area contributed by atoms with Gasteiger partial charge in [0, 0.05) is 29.8 Å². The van der Waals surface area contributed by atoms with Gasteiger partial charge >= 0.3 is 0 Å². The Morgan fingerprint density at radius 2 is 2.27 bits per heavy atom. The molecule has 118 valence electrons. The molecule has 0 atom stereocenters. The lowest BCUT2D eigenvalue weighted by Crippen LogP contribution is -2.26. The summed E-state index contributed by atoms with van der Waals surface area (Å²) in [4.78, 5) is 12.2. The molecule has 1 amide bonds. The van der Waals surface area contributed by atoms with Gasteiger partial charge in [0.2, 0.25) is 0 Å². The minimum Gasteiger partial charge on any atom is -0.376 e. The summed E-state index contributed by atoms with van der Waals surface area (Å²) in [5.74, 6) is 0.698. The van der Waals surface area contributed by atoms with E-state index in [1.165, 1.54) is 0 Å². The molecule has 7 nitrogen and oxygen atoms in total. The van der Waals surface area contributed by atoms with E-state index in [1.807, 2.05) is 13.8 Å². The second-order valence-corrected chi connectivity index (χ2v) is 5.49. The molecule has 0 aliphatic carbocycles. The quantitative estimate of drug-likeness (QED) is 0.816. The number of rotatable bonds is 5. The van der Waals surface area contributed by atoms with Crippen molar-refractivity contribution in [1.82, 2.24) is 20.7 Å². The second kappa shape index (κ2) is 6.31. The Bertz CT molecular complexity index is 655. The Balaban J connectivity index is 1.52. The molecule has 0 fully saturated rings. The molecule has 1 aliphatic heterocycles. The maximum Gasteiger partial charge on any atom is 0.272 e. The van der Waals surface area contributed by atoms with Crippen molar-refractivity contribution in [1.29, 1.82) is 0 Å². The first-order valence-electron chi connectivity index (χ1n) is 7.50. The van der Waals surface area contributed by atoms with Crippen molar-refractivity contribution in [3.05, 3.63) is 34.0 Å². The molecular weight excluding hydrogens is 284 g/mol. The van der Waals surface area contributed by atoms with Gasteiger partial charge < -0.3 is 14.6 Å². The molecule has 2 N–H and O–H groups in total. The number of nitrogens with zero attached hydrogens (tertiary/aromatic N) is 2. The van der Waals surface area contributed by atoms with Gasteiger partial charge in [0.1, 0.15) is 5.76 Å². The molecule has 0 radical (unpaired) electrons. The van der Waals surface area contributed by atoms with Crippen molar-refractivity contribution >= 4 is 5.91 Å². The minimum absolute atomic E-state index is 0.151. The van der Waals surface area contributed by atoms with Gasteiger partial charge in [-0.1, -0.05) is 5.16 Å². The van der Waals surface area contributed by atoms with Crippen molar-refractivity contribution in [3.8, 4) is 0 Å². The zero-order valence-electron chi connectivity index (χ0n) is 12.9. The molecule has 0 aromatic carbocycles. The third-order valence-corrected chi connectivity index (χ3v) is 3.98. The smallest absolute Gasteiger partial charge is 0.272 e. The SMILES string of the molecule is Cc1noc(C)c1CCCNC(=O)c1n[nH]c2c1COCC2. The van der Waals surface area contributed by atoms with Crippen molar-refractivity contribution < 1.29 is 14.1 Å². The van der Waals surface area contributed by atoms with Crippen LogP contribution < -0.4 is 5.32 Å². The Kier molecular flexibility index (Phi) is 4.24. The number of amides is 1. The van der Waals surface area contributed by atoms with Crippen LogP contribution in [-0.2, 0) is 24.2 Å². The lowest BCUT2D eigenvalue weighted by atomic mass is 10.1. The van der Waals surface area contributed by atoms with Crippen LogP contribution in [-0.4, -0.2) is 34.4 Å². The highest BCUT2D eigenvalue weighted by Crippen LogP contribution is 2.18. The van der Waals surface area contributed by atoms with Crippen LogP contribution >= 0.6 is 0 Å². The Labute approximate surface area is 128 Å². The summed E-state index contributed by atoms with van der Waals surface area (Å²) in [6.07, 6.45) is 2.45. The first-order valence-corrected chi connectivity index (χ1v) is 7.50. The van der Waals surface area contributed by atoms with E-state index in [0.717, 1.165) is 47.5 Å². The normalized spacial score (nSPS) is 13.9. The average Bonchev–Trinajstić information content (AvgIpc) is 3.08. The van der Waals surface area contributed by atoms with E-state index in [0.29, 0.717) is 25.5 Å². The predicted octanol–water partition coefficient (Wildman–Crippen LogP) is 1.45. The fraction of sp³-hybridized carbons (Fsp3) is 0.533. The van der Waals surface area contributed by atoms with Crippen LogP contribution in [0.1, 0.15) is 45.2 Å². The predicted molar refractivity (Wildman–Crippen MR) is 78.6 cm³/mol. The molecule has 1 aliphatic rings. The summed E-state index contributed by atoms with van der Waals surface area (Å²) < 4.78 is 10.5. The topological polar surface area (TPSA) is 93.0 Å². The first-order chi connectivity index (χ1) is 10.7. The zero-order chi connectivity index (χ0) is 15.5. The third kappa shape index (κ3) is 2.89. The Hall–Kier alpha value is -2.15. The van der Waals surface area contributed by atoms with E-state index in [1.54, 1.807) is 0 Å². The largest absolute Gasteiger partial charge is 0.376 e. The van der Waals surface area contributed by atoms with Crippen LogP contribution in [0.25, 0.3) is 0 Å². The molecule has 0 saturated carbocycles. The van der Waals surface area contributed by atoms with Gasteiger partial charge in [-0.3, -0.25) is 9.89 Å². The van der Waals surface area contributed by atoms with Crippen molar-refractivity contribution in [3.63, 3.8) is 0 Å². The summed E-state index contributed by atoms with van der Waals surface area (Å²) in [5.41, 5.74) is 4.38. The summed E-state index contributed by atoms with van der Waals surface area (Å²) >= 11 is 0.